The van der Waals surface area contributed by atoms with E-state index >= 15 is 0 Å². The summed E-state index contributed by atoms with van der Waals surface area (Å²) in [4.78, 5) is 0. The summed E-state index contributed by atoms with van der Waals surface area (Å²) in [6.07, 6.45) is 8.39. The predicted octanol–water partition coefficient (Wildman–Crippen LogP) is 2.57. The molecule has 0 spiro atoms. The highest BCUT2D eigenvalue weighted by Crippen LogP contribution is 2.17. The Labute approximate surface area is 90.1 Å². The van der Waals surface area contributed by atoms with Crippen LogP contribution in [0, 0.1) is 0 Å². The van der Waals surface area contributed by atoms with Gasteiger partial charge >= 0.3 is 0 Å². The van der Waals surface area contributed by atoms with E-state index in [0.717, 1.165) is 6.04 Å². The smallest absolute Gasteiger partial charge is 0.207 e. The van der Waals surface area contributed by atoms with Crippen molar-refractivity contribution < 1.29 is 4.43 Å². The molecule has 1 N–H and O–H groups in total. The van der Waals surface area contributed by atoms with Crippen LogP contribution in [0.3, 0.4) is 0 Å². The maximum Gasteiger partial charge on any atom is 0.207 e. The molecule has 1 rings (SSSR count). The fourth-order valence-electron chi connectivity index (χ4n) is 2.05. The first kappa shape index (κ1) is 12.2. The molecule has 1 fully saturated rings. The molecule has 0 aromatic heterocycles. The molecular weight excluding hydrogens is 190 g/mol. The topological polar surface area (TPSA) is 21.3 Å². The summed E-state index contributed by atoms with van der Waals surface area (Å²) in [5.41, 5.74) is 0. The van der Waals surface area contributed by atoms with Crippen molar-refractivity contribution >= 4 is 9.04 Å². The van der Waals surface area contributed by atoms with E-state index in [1.165, 1.54) is 51.1 Å². The van der Waals surface area contributed by atoms with Gasteiger partial charge in [-0.05, 0) is 38.4 Å². The molecule has 14 heavy (non-hydrogen) atoms. The molecule has 0 heterocycles. The van der Waals surface area contributed by atoms with E-state index in [-0.39, 0.29) is 0 Å². The number of nitrogens with one attached hydrogen (secondary N) is 1. The number of hydrogen-bond acceptors (Lipinski definition) is 2. The third-order valence-corrected chi connectivity index (χ3v) is 4.85. The summed E-state index contributed by atoms with van der Waals surface area (Å²) in [5, 5.41) is 3.66. The fraction of sp³-hybridized carbons (Fsp3) is 1.00. The molecule has 1 aliphatic rings. The van der Waals surface area contributed by atoms with Gasteiger partial charge in [-0.2, -0.15) is 0 Å². The van der Waals surface area contributed by atoms with Crippen LogP contribution < -0.4 is 5.32 Å². The Hall–Kier alpha value is 0.137. The highest BCUT2D eigenvalue weighted by molar-refractivity contribution is 6.50. The van der Waals surface area contributed by atoms with E-state index in [0.29, 0.717) is 0 Å². The lowest BCUT2D eigenvalue weighted by atomic mass is 9.95. The Morgan fingerprint density at radius 2 is 2.00 bits per heavy atom. The van der Waals surface area contributed by atoms with E-state index in [1.807, 2.05) is 7.11 Å². The van der Waals surface area contributed by atoms with Crippen molar-refractivity contribution in [1.82, 2.24) is 5.32 Å². The molecule has 0 aromatic carbocycles. The van der Waals surface area contributed by atoms with Crippen molar-refractivity contribution in [2.75, 3.05) is 13.7 Å². The minimum Gasteiger partial charge on any atom is -0.420 e. The van der Waals surface area contributed by atoms with Crippen LogP contribution >= 0.6 is 0 Å². The van der Waals surface area contributed by atoms with Crippen molar-refractivity contribution in [3.8, 4) is 0 Å². The molecule has 83 valence electrons. The molecule has 0 bridgehead atoms. The second-order valence-electron chi connectivity index (χ2n) is 4.30. The molecule has 0 unspecified atom stereocenters. The fourth-order valence-corrected chi connectivity index (χ4v) is 2.93. The minimum absolute atomic E-state index is 0.471. The van der Waals surface area contributed by atoms with Crippen LogP contribution in [0.1, 0.15) is 38.5 Å². The zero-order chi connectivity index (χ0) is 10.2. The lowest BCUT2D eigenvalue weighted by molar-refractivity contribution is 0.372. The Morgan fingerprint density at radius 1 is 1.29 bits per heavy atom. The van der Waals surface area contributed by atoms with Gasteiger partial charge in [-0.1, -0.05) is 19.3 Å². The molecule has 3 heteroatoms. The molecule has 0 aliphatic heterocycles. The summed E-state index contributed by atoms with van der Waals surface area (Å²) in [6.45, 7) is 3.43. The molecule has 1 saturated carbocycles. The third-order valence-electron chi connectivity index (χ3n) is 3.09. The van der Waals surface area contributed by atoms with E-state index in [9.17, 15) is 0 Å². The number of rotatable bonds is 6. The molecule has 0 amide bonds. The maximum atomic E-state index is 5.32. The van der Waals surface area contributed by atoms with Crippen LogP contribution in [0.25, 0.3) is 0 Å². The zero-order valence-corrected chi connectivity index (χ0v) is 10.6. The van der Waals surface area contributed by atoms with Gasteiger partial charge in [0.25, 0.3) is 0 Å². The second-order valence-corrected chi connectivity index (χ2v) is 6.61. The average molecular weight is 214 g/mol. The minimum atomic E-state index is -0.471. The van der Waals surface area contributed by atoms with Gasteiger partial charge in [0.1, 0.15) is 0 Å². The predicted molar refractivity (Wildman–Crippen MR) is 62.9 cm³/mol. The molecule has 2 nitrogen and oxygen atoms in total. The monoisotopic (exact) mass is 214 g/mol. The zero-order valence-electron chi connectivity index (χ0n) is 9.64. The van der Waals surface area contributed by atoms with E-state index in [1.54, 1.807) is 0 Å². The first-order chi connectivity index (χ1) is 6.83. The first-order valence-electron chi connectivity index (χ1n) is 5.92. The standard InChI is InChI=1S/C11H24NOSi/c1-13-14(2)10-6-9-12-11-7-4-3-5-8-11/h11-12H,3-10H2,1-2H3. The molecule has 0 saturated heterocycles. The SMILES string of the molecule is CO[Si](C)CCCNC1CCCCC1. The van der Waals surface area contributed by atoms with Gasteiger partial charge < -0.3 is 9.74 Å². The Morgan fingerprint density at radius 3 is 2.64 bits per heavy atom. The van der Waals surface area contributed by atoms with Crippen molar-refractivity contribution in [3.63, 3.8) is 0 Å². The lowest BCUT2D eigenvalue weighted by Gasteiger charge is -2.22. The summed E-state index contributed by atoms with van der Waals surface area (Å²) < 4.78 is 5.32. The molecule has 1 radical (unpaired) electrons. The molecular formula is C11H24NOSi. The maximum absolute atomic E-state index is 5.32. The van der Waals surface area contributed by atoms with Crippen LogP contribution in [0.5, 0.6) is 0 Å². The Bertz CT molecular complexity index is 137. The van der Waals surface area contributed by atoms with Crippen molar-refractivity contribution in [2.45, 2.75) is 57.2 Å². The normalized spacial score (nSPS) is 19.1. The molecule has 1 aliphatic carbocycles. The van der Waals surface area contributed by atoms with Crippen LogP contribution in [0.4, 0.5) is 0 Å². The van der Waals surface area contributed by atoms with Gasteiger partial charge in [-0.25, -0.2) is 0 Å². The second kappa shape index (κ2) is 7.43. The number of hydrogen-bond donors (Lipinski definition) is 1. The van der Waals surface area contributed by atoms with E-state index in [2.05, 4.69) is 11.9 Å². The van der Waals surface area contributed by atoms with Gasteiger partial charge in [0.05, 0.1) is 0 Å². The Kier molecular flexibility index (Phi) is 6.48. The summed E-state index contributed by atoms with van der Waals surface area (Å²) in [7, 11) is 1.36. The van der Waals surface area contributed by atoms with Crippen LogP contribution in [0.15, 0.2) is 0 Å². The van der Waals surface area contributed by atoms with E-state index in [4.69, 9.17) is 4.43 Å². The highest BCUT2D eigenvalue weighted by Gasteiger charge is 2.12. The lowest BCUT2D eigenvalue weighted by Crippen LogP contribution is -2.32. The molecule has 0 atom stereocenters. The first-order valence-corrected chi connectivity index (χ1v) is 8.04. The summed E-state index contributed by atoms with van der Waals surface area (Å²) >= 11 is 0. The van der Waals surface area contributed by atoms with Crippen LogP contribution in [0.2, 0.25) is 12.6 Å². The van der Waals surface area contributed by atoms with Crippen molar-refractivity contribution in [2.24, 2.45) is 0 Å². The molecule has 0 aromatic rings. The van der Waals surface area contributed by atoms with Crippen LogP contribution in [-0.4, -0.2) is 28.7 Å². The summed E-state index contributed by atoms with van der Waals surface area (Å²) in [5.74, 6) is 0. The largest absolute Gasteiger partial charge is 0.420 e. The van der Waals surface area contributed by atoms with Crippen molar-refractivity contribution in [1.29, 1.82) is 0 Å². The van der Waals surface area contributed by atoms with Crippen LogP contribution in [-0.2, 0) is 4.43 Å². The third kappa shape index (κ3) is 5.13. The highest BCUT2D eigenvalue weighted by atomic mass is 28.3. The Balaban J connectivity index is 1.92. The van der Waals surface area contributed by atoms with Crippen molar-refractivity contribution in [3.05, 3.63) is 0 Å². The quantitative estimate of drug-likeness (QED) is 0.542. The van der Waals surface area contributed by atoms with Gasteiger partial charge in [-0.15, -0.1) is 0 Å². The van der Waals surface area contributed by atoms with E-state index < -0.39 is 9.04 Å². The van der Waals surface area contributed by atoms with Gasteiger partial charge in [0.15, 0.2) is 0 Å². The van der Waals surface area contributed by atoms with Gasteiger partial charge in [0.2, 0.25) is 9.04 Å². The van der Waals surface area contributed by atoms with Gasteiger partial charge in [0, 0.05) is 13.2 Å². The average Bonchev–Trinajstić information content (AvgIpc) is 2.25. The summed E-state index contributed by atoms with van der Waals surface area (Å²) in [6, 6.07) is 2.10. The van der Waals surface area contributed by atoms with Gasteiger partial charge in [-0.3, -0.25) is 0 Å².